The molecule has 1 N–H and O–H groups in total. The van der Waals surface area contributed by atoms with E-state index in [1.54, 1.807) is 11.1 Å². The molecular formula is C16H23BrN2. The van der Waals surface area contributed by atoms with Crippen molar-refractivity contribution in [2.45, 2.75) is 44.7 Å². The molecule has 1 aromatic rings. The second kappa shape index (κ2) is 5.94. The lowest BCUT2D eigenvalue weighted by atomic mass is 9.86. The van der Waals surface area contributed by atoms with E-state index in [2.05, 4.69) is 51.3 Å². The summed E-state index contributed by atoms with van der Waals surface area (Å²) in [5.41, 5.74) is 3.11. The molecule has 1 aromatic carbocycles. The third-order valence-electron chi connectivity index (χ3n) is 4.55. The van der Waals surface area contributed by atoms with Gasteiger partial charge in [0.25, 0.3) is 0 Å². The SMILES string of the molecule is CCCN(C1CNC1)C1CCc2cc(Br)ccc2C1. The quantitative estimate of drug-likeness (QED) is 0.916. The lowest BCUT2D eigenvalue weighted by molar-refractivity contribution is 0.0863. The molecule has 0 amide bonds. The number of hydrogen-bond acceptors (Lipinski definition) is 2. The van der Waals surface area contributed by atoms with Crippen molar-refractivity contribution in [1.82, 2.24) is 10.2 Å². The summed E-state index contributed by atoms with van der Waals surface area (Å²) in [5, 5.41) is 3.42. The van der Waals surface area contributed by atoms with Gasteiger partial charge in [0.05, 0.1) is 0 Å². The van der Waals surface area contributed by atoms with E-state index in [4.69, 9.17) is 0 Å². The summed E-state index contributed by atoms with van der Waals surface area (Å²) >= 11 is 3.58. The van der Waals surface area contributed by atoms with E-state index in [1.807, 2.05) is 0 Å². The Hall–Kier alpha value is -0.380. The van der Waals surface area contributed by atoms with Crippen LogP contribution in [0.4, 0.5) is 0 Å². The second-order valence-corrected chi connectivity index (χ2v) is 6.78. The predicted molar refractivity (Wildman–Crippen MR) is 83.6 cm³/mol. The number of benzene rings is 1. The number of nitrogens with zero attached hydrogens (tertiary/aromatic N) is 1. The van der Waals surface area contributed by atoms with Gasteiger partial charge in [0.1, 0.15) is 0 Å². The third kappa shape index (κ3) is 2.88. The maximum atomic E-state index is 3.58. The first-order valence-electron chi connectivity index (χ1n) is 7.51. The van der Waals surface area contributed by atoms with E-state index in [0.29, 0.717) is 0 Å². The van der Waals surface area contributed by atoms with Crippen molar-refractivity contribution in [2.24, 2.45) is 0 Å². The molecule has 1 aliphatic carbocycles. The van der Waals surface area contributed by atoms with E-state index >= 15 is 0 Å². The van der Waals surface area contributed by atoms with E-state index in [-0.39, 0.29) is 0 Å². The highest BCUT2D eigenvalue weighted by Crippen LogP contribution is 2.28. The maximum absolute atomic E-state index is 3.58. The zero-order valence-electron chi connectivity index (χ0n) is 11.7. The molecule has 0 saturated carbocycles. The van der Waals surface area contributed by atoms with Gasteiger partial charge in [0, 0.05) is 29.6 Å². The van der Waals surface area contributed by atoms with E-state index in [9.17, 15) is 0 Å². The third-order valence-corrected chi connectivity index (χ3v) is 5.04. The smallest absolute Gasteiger partial charge is 0.0348 e. The molecular weight excluding hydrogens is 300 g/mol. The molecule has 19 heavy (non-hydrogen) atoms. The van der Waals surface area contributed by atoms with Gasteiger partial charge in [-0.2, -0.15) is 0 Å². The van der Waals surface area contributed by atoms with Crippen molar-refractivity contribution in [1.29, 1.82) is 0 Å². The van der Waals surface area contributed by atoms with Crippen LogP contribution in [0.2, 0.25) is 0 Å². The Bertz CT molecular complexity index is 442. The summed E-state index contributed by atoms with van der Waals surface area (Å²) in [6.07, 6.45) is 5.05. The van der Waals surface area contributed by atoms with Crippen molar-refractivity contribution < 1.29 is 0 Å². The predicted octanol–water partition coefficient (Wildman–Crippen LogP) is 2.99. The zero-order chi connectivity index (χ0) is 13.2. The van der Waals surface area contributed by atoms with Gasteiger partial charge in [0.2, 0.25) is 0 Å². The molecule has 2 nitrogen and oxygen atoms in total. The molecule has 3 rings (SSSR count). The second-order valence-electron chi connectivity index (χ2n) is 5.86. The fourth-order valence-electron chi connectivity index (χ4n) is 3.42. The Morgan fingerprint density at radius 1 is 1.26 bits per heavy atom. The Labute approximate surface area is 124 Å². The molecule has 1 aliphatic heterocycles. The van der Waals surface area contributed by atoms with Crippen LogP contribution in [0, 0.1) is 0 Å². The van der Waals surface area contributed by atoms with Crippen LogP contribution < -0.4 is 5.32 Å². The van der Waals surface area contributed by atoms with Crippen LogP contribution >= 0.6 is 15.9 Å². The molecule has 3 heteroatoms. The van der Waals surface area contributed by atoms with Gasteiger partial charge in [-0.1, -0.05) is 28.9 Å². The van der Waals surface area contributed by atoms with Gasteiger partial charge in [-0.25, -0.2) is 0 Å². The van der Waals surface area contributed by atoms with Gasteiger partial charge in [0.15, 0.2) is 0 Å². The first-order chi connectivity index (χ1) is 9.28. The molecule has 1 fully saturated rings. The minimum atomic E-state index is 0.751. The van der Waals surface area contributed by atoms with Crippen molar-refractivity contribution in [3.05, 3.63) is 33.8 Å². The van der Waals surface area contributed by atoms with Gasteiger partial charge in [-0.3, -0.25) is 4.90 Å². The lowest BCUT2D eigenvalue weighted by Gasteiger charge is -2.44. The van der Waals surface area contributed by atoms with Crippen molar-refractivity contribution in [3.8, 4) is 0 Å². The molecule has 1 atom stereocenters. The van der Waals surface area contributed by atoms with E-state index in [1.165, 1.54) is 49.8 Å². The normalized spacial score (nSPS) is 23.2. The Morgan fingerprint density at radius 2 is 2.11 bits per heavy atom. The fraction of sp³-hybridized carbons (Fsp3) is 0.625. The van der Waals surface area contributed by atoms with Crippen molar-refractivity contribution in [2.75, 3.05) is 19.6 Å². The monoisotopic (exact) mass is 322 g/mol. The Kier molecular flexibility index (Phi) is 4.25. The highest BCUT2D eigenvalue weighted by Gasteiger charge is 2.31. The number of rotatable bonds is 4. The molecule has 0 radical (unpaired) electrons. The number of hydrogen-bond donors (Lipinski definition) is 1. The van der Waals surface area contributed by atoms with Crippen LogP contribution in [0.5, 0.6) is 0 Å². The van der Waals surface area contributed by atoms with Crippen molar-refractivity contribution >= 4 is 15.9 Å². The number of halogens is 1. The molecule has 0 spiro atoms. The summed E-state index contributed by atoms with van der Waals surface area (Å²) in [5.74, 6) is 0. The Balaban J connectivity index is 1.74. The van der Waals surface area contributed by atoms with Crippen LogP contribution in [0.15, 0.2) is 22.7 Å². The molecule has 104 valence electrons. The molecule has 2 aliphatic rings. The van der Waals surface area contributed by atoms with Crippen LogP contribution in [0.25, 0.3) is 0 Å². The number of fused-ring (bicyclic) bond motifs is 1. The van der Waals surface area contributed by atoms with Crippen molar-refractivity contribution in [3.63, 3.8) is 0 Å². The van der Waals surface area contributed by atoms with Crippen LogP contribution in [0.3, 0.4) is 0 Å². The van der Waals surface area contributed by atoms with Gasteiger partial charge in [-0.05, 0) is 55.5 Å². The summed E-state index contributed by atoms with van der Waals surface area (Å²) in [4.78, 5) is 2.77. The minimum absolute atomic E-state index is 0.751. The lowest BCUT2D eigenvalue weighted by Crippen LogP contribution is -2.60. The summed E-state index contributed by atoms with van der Waals surface area (Å²) < 4.78 is 1.22. The van der Waals surface area contributed by atoms with E-state index in [0.717, 1.165) is 12.1 Å². The molecule has 1 heterocycles. The first-order valence-corrected chi connectivity index (χ1v) is 8.31. The maximum Gasteiger partial charge on any atom is 0.0348 e. The van der Waals surface area contributed by atoms with Crippen LogP contribution in [-0.4, -0.2) is 36.6 Å². The van der Waals surface area contributed by atoms with Gasteiger partial charge < -0.3 is 5.32 Å². The van der Waals surface area contributed by atoms with E-state index < -0.39 is 0 Å². The minimum Gasteiger partial charge on any atom is -0.314 e. The molecule has 0 bridgehead atoms. The Morgan fingerprint density at radius 3 is 2.79 bits per heavy atom. The molecule has 0 aromatic heterocycles. The fourth-order valence-corrected chi connectivity index (χ4v) is 3.83. The largest absolute Gasteiger partial charge is 0.314 e. The topological polar surface area (TPSA) is 15.3 Å². The van der Waals surface area contributed by atoms with Gasteiger partial charge in [-0.15, -0.1) is 0 Å². The standard InChI is InChI=1S/C16H23BrN2/c1-2-7-19(16-10-18-11-16)15-6-4-12-8-14(17)5-3-13(12)9-15/h3,5,8,15-16,18H,2,4,6-7,9-11H2,1H3. The number of nitrogens with one attached hydrogen (secondary N) is 1. The van der Waals surface area contributed by atoms with Gasteiger partial charge >= 0.3 is 0 Å². The first kappa shape index (κ1) is 13.6. The number of aryl methyl sites for hydroxylation is 1. The summed E-state index contributed by atoms with van der Waals surface area (Å²) in [6, 6.07) is 8.34. The van der Waals surface area contributed by atoms with Crippen LogP contribution in [0.1, 0.15) is 30.9 Å². The summed E-state index contributed by atoms with van der Waals surface area (Å²) in [6.45, 7) is 5.92. The average molecular weight is 323 g/mol. The van der Waals surface area contributed by atoms with Crippen LogP contribution in [-0.2, 0) is 12.8 Å². The molecule has 1 saturated heterocycles. The highest BCUT2D eigenvalue weighted by molar-refractivity contribution is 9.10. The zero-order valence-corrected chi connectivity index (χ0v) is 13.2. The summed E-state index contributed by atoms with van der Waals surface area (Å²) in [7, 11) is 0. The highest BCUT2D eigenvalue weighted by atomic mass is 79.9. The average Bonchev–Trinajstić information content (AvgIpc) is 2.35. The molecule has 1 unspecified atom stereocenters.